The number of carboxylic acid groups (broad SMARTS) is 1. The number of nitrogens with one attached hydrogen (secondary N) is 1. The average Bonchev–Trinajstić information content (AvgIpc) is 2.82. The molecular weight excluding hydrogens is 326 g/mol. The Kier molecular flexibility index (Phi) is 5.72. The molecule has 1 amide bonds. The van der Waals surface area contributed by atoms with Crippen LogP contribution in [-0.2, 0) is 11.3 Å². The van der Waals surface area contributed by atoms with Gasteiger partial charge in [-0.05, 0) is 6.42 Å². The van der Waals surface area contributed by atoms with Crippen molar-refractivity contribution in [2.45, 2.75) is 37.5 Å². The van der Waals surface area contributed by atoms with Crippen LogP contribution in [0.3, 0.4) is 0 Å². The highest BCUT2D eigenvalue weighted by Gasteiger charge is 2.43. The van der Waals surface area contributed by atoms with Crippen LogP contribution in [0, 0.1) is 0 Å². The Balaban J connectivity index is 2.21. The standard InChI is InChI=1S/C13H19N3O8/c17-6-7-9(19)10(20)11(24-7)16-5-2-8(18)15(13(16)23)4-1-3-14-12(21)22/h2,5,7,9-11,14,17,19-20H,1,3-4,6H2,(H,21,22)/t7-,9-,10-,11-/m1/s1. The molecule has 1 aliphatic heterocycles. The summed E-state index contributed by atoms with van der Waals surface area (Å²) in [4.78, 5) is 34.6. The number of carbonyl (C=O) groups is 1. The zero-order valence-corrected chi connectivity index (χ0v) is 12.6. The summed E-state index contributed by atoms with van der Waals surface area (Å²) in [6.45, 7) is -0.512. The van der Waals surface area contributed by atoms with Crippen molar-refractivity contribution in [1.82, 2.24) is 14.5 Å². The van der Waals surface area contributed by atoms with E-state index >= 15 is 0 Å². The van der Waals surface area contributed by atoms with Crippen LogP contribution in [0.5, 0.6) is 0 Å². The van der Waals surface area contributed by atoms with Gasteiger partial charge in [-0.25, -0.2) is 9.59 Å². The molecule has 1 saturated heterocycles. The van der Waals surface area contributed by atoms with Gasteiger partial charge in [0.2, 0.25) is 0 Å². The highest BCUT2D eigenvalue weighted by Crippen LogP contribution is 2.27. The van der Waals surface area contributed by atoms with Gasteiger partial charge in [0.25, 0.3) is 5.56 Å². The van der Waals surface area contributed by atoms with Gasteiger partial charge < -0.3 is 30.5 Å². The molecule has 1 aliphatic rings. The van der Waals surface area contributed by atoms with E-state index in [9.17, 15) is 24.6 Å². The fourth-order valence-corrected chi connectivity index (χ4v) is 2.47. The summed E-state index contributed by atoms with van der Waals surface area (Å²) in [5.41, 5.74) is -1.36. The van der Waals surface area contributed by atoms with Gasteiger partial charge in [-0.1, -0.05) is 0 Å². The maximum Gasteiger partial charge on any atom is 0.404 e. The van der Waals surface area contributed by atoms with Gasteiger partial charge in [-0.15, -0.1) is 0 Å². The highest BCUT2D eigenvalue weighted by atomic mass is 16.6. The minimum absolute atomic E-state index is 0.0341. The zero-order valence-electron chi connectivity index (χ0n) is 12.6. The summed E-state index contributed by atoms with van der Waals surface area (Å²) in [6, 6.07) is 1.10. The third kappa shape index (κ3) is 3.64. The largest absolute Gasteiger partial charge is 0.465 e. The Morgan fingerprint density at radius 1 is 1.29 bits per heavy atom. The molecule has 0 unspecified atom stereocenters. The molecule has 11 nitrogen and oxygen atoms in total. The van der Waals surface area contributed by atoms with Crippen molar-refractivity contribution in [1.29, 1.82) is 0 Å². The topological polar surface area (TPSA) is 163 Å². The maximum atomic E-state index is 12.4. The van der Waals surface area contributed by atoms with Gasteiger partial charge in [0.15, 0.2) is 6.23 Å². The third-order valence-electron chi connectivity index (χ3n) is 3.72. The smallest absolute Gasteiger partial charge is 0.404 e. The van der Waals surface area contributed by atoms with E-state index in [-0.39, 0.29) is 19.5 Å². The molecule has 0 aromatic carbocycles. The Hall–Kier alpha value is -2.21. The van der Waals surface area contributed by atoms with Gasteiger partial charge in [0, 0.05) is 25.4 Å². The molecule has 1 aromatic rings. The van der Waals surface area contributed by atoms with Gasteiger partial charge in [-0.2, -0.15) is 0 Å². The Morgan fingerprint density at radius 3 is 2.58 bits per heavy atom. The number of rotatable bonds is 6. The normalized spacial score (nSPS) is 26.5. The lowest BCUT2D eigenvalue weighted by Gasteiger charge is -2.18. The minimum Gasteiger partial charge on any atom is -0.465 e. The third-order valence-corrected chi connectivity index (χ3v) is 3.72. The lowest BCUT2D eigenvalue weighted by atomic mass is 10.1. The summed E-state index contributed by atoms with van der Waals surface area (Å²) in [6.07, 6.45) is -4.96. The van der Waals surface area contributed by atoms with Crippen molar-refractivity contribution in [3.05, 3.63) is 33.1 Å². The number of ether oxygens (including phenoxy) is 1. The van der Waals surface area contributed by atoms with Crippen molar-refractivity contribution < 1.29 is 30.0 Å². The molecule has 134 valence electrons. The molecule has 24 heavy (non-hydrogen) atoms. The van der Waals surface area contributed by atoms with E-state index in [4.69, 9.17) is 14.9 Å². The van der Waals surface area contributed by atoms with Crippen molar-refractivity contribution >= 4 is 6.09 Å². The number of aliphatic hydroxyl groups is 3. The second-order valence-electron chi connectivity index (χ2n) is 5.31. The molecule has 0 aliphatic carbocycles. The highest BCUT2D eigenvalue weighted by molar-refractivity contribution is 5.64. The first kappa shape index (κ1) is 18.1. The van der Waals surface area contributed by atoms with Crippen LogP contribution in [0.2, 0.25) is 0 Å². The second kappa shape index (κ2) is 7.57. The summed E-state index contributed by atoms with van der Waals surface area (Å²) >= 11 is 0. The first-order chi connectivity index (χ1) is 11.4. The lowest BCUT2D eigenvalue weighted by Crippen LogP contribution is -2.43. The van der Waals surface area contributed by atoms with Crippen LogP contribution in [0.4, 0.5) is 4.79 Å². The number of nitrogens with zero attached hydrogens (tertiary/aromatic N) is 2. The molecule has 5 N–H and O–H groups in total. The molecule has 2 heterocycles. The van der Waals surface area contributed by atoms with Gasteiger partial charge in [0.05, 0.1) is 6.61 Å². The van der Waals surface area contributed by atoms with Crippen molar-refractivity contribution in [3.8, 4) is 0 Å². The number of hydrogen-bond donors (Lipinski definition) is 5. The molecule has 4 atom stereocenters. The SMILES string of the molecule is O=C(O)NCCCn1c(=O)ccn([C@@H]2O[C@H](CO)[C@@H](O)[C@H]2O)c1=O. The van der Waals surface area contributed by atoms with Crippen LogP contribution in [0.1, 0.15) is 12.6 Å². The predicted octanol–water partition coefficient (Wildman–Crippen LogP) is -2.72. The second-order valence-corrected chi connectivity index (χ2v) is 5.31. The van der Waals surface area contributed by atoms with Crippen molar-refractivity contribution in [2.75, 3.05) is 13.2 Å². The molecule has 0 saturated carbocycles. The molecule has 0 bridgehead atoms. The summed E-state index contributed by atoms with van der Waals surface area (Å²) in [5, 5.41) is 39.4. The van der Waals surface area contributed by atoms with Crippen LogP contribution in [0.15, 0.2) is 21.9 Å². The van der Waals surface area contributed by atoms with E-state index in [2.05, 4.69) is 5.32 Å². The minimum atomic E-state index is -1.44. The van der Waals surface area contributed by atoms with Gasteiger partial charge >= 0.3 is 11.8 Å². The van der Waals surface area contributed by atoms with E-state index in [1.165, 1.54) is 0 Å². The van der Waals surface area contributed by atoms with Gasteiger partial charge in [-0.3, -0.25) is 13.9 Å². The Morgan fingerprint density at radius 2 is 2.00 bits per heavy atom. The lowest BCUT2D eigenvalue weighted by molar-refractivity contribution is -0.0556. The van der Waals surface area contributed by atoms with E-state index in [0.29, 0.717) is 0 Å². The number of aliphatic hydroxyl groups excluding tert-OH is 3. The fourth-order valence-electron chi connectivity index (χ4n) is 2.47. The van der Waals surface area contributed by atoms with E-state index in [0.717, 1.165) is 21.4 Å². The fraction of sp³-hybridized carbons (Fsp3) is 0.615. The summed E-state index contributed by atoms with van der Waals surface area (Å²) in [5.74, 6) is 0. The zero-order chi connectivity index (χ0) is 17.9. The molecule has 2 rings (SSSR count). The average molecular weight is 345 g/mol. The Bertz CT molecular complexity index is 699. The van der Waals surface area contributed by atoms with Crippen molar-refractivity contribution in [2.24, 2.45) is 0 Å². The number of aromatic nitrogens is 2. The molecule has 0 spiro atoms. The van der Waals surface area contributed by atoms with Crippen molar-refractivity contribution in [3.63, 3.8) is 0 Å². The summed E-state index contributed by atoms with van der Waals surface area (Å²) in [7, 11) is 0. The van der Waals surface area contributed by atoms with Crippen LogP contribution in [0.25, 0.3) is 0 Å². The van der Waals surface area contributed by atoms with E-state index in [1.54, 1.807) is 0 Å². The molecule has 0 radical (unpaired) electrons. The first-order valence-electron chi connectivity index (χ1n) is 7.28. The Labute approximate surface area is 135 Å². The quantitative estimate of drug-likeness (QED) is 0.347. The molecule has 1 fully saturated rings. The van der Waals surface area contributed by atoms with E-state index in [1.807, 2.05) is 0 Å². The maximum absolute atomic E-state index is 12.4. The molecule has 11 heteroatoms. The summed E-state index contributed by atoms with van der Waals surface area (Å²) < 4.78 is 7.09. The monoisotopic (exact) mass is 345 g/mol. The molecular formula is C13H19N3O8. The molecule has 1 aromatic heterocycles. The van der Waals surface area contributed by atoms with Crippen LogP contribution >= 0.6 is 0 Å². The van der Waals surface area contributed by atoms with Crippen LogP contribution < -0.4 is 16.6 Å². The van der Waals surface area contributed by atoms with Crippen LogP contribution in [-0.4, -0.2) is 67.1 Å². The van der Waals surface area contributed by atoms with E-state index < -0.39 is 48.5 Å². The number of amides is 1. The predicted molar refractivity (Wildman–Crippen MR) is 78.6 cm³/mol. The number of hydrogen-bond acceptors (Lipinski definition) is 7. The first-order valence-corrected chi connectivity index (χ1v) is 7.28. The van der Waals surface area contributed by atoms with Gasteiger partial charge in [0.1, 0.15) is 18.3 Å².